The number of nitrogens with zero attached hydrogens (tertiary/aromatic N) is 1. The van der Waals surface area contributed by atoms with Crippen molar-refractivity contribution in [3.63, 3.8) is 0 Å². The molecule has 0 saturated heterocycles. The molecular formula is C20H21N3O4S2. The Morgan fingerprint density at radius 1 is 1.07 bits per heavy atom. The number of methoxy groups -OCH3 is 1. The van der Waals surface area contributed by atoms with E-state index in [1.165, 1.54) is 11.3 Å². The molecule has 0 spiro atoms. The van der Waals surface area contributed by atoms with Crippen LogP contribution in [0.5, 0.6) is 5.75 Å². The van der Waals surface area contributed by atoms with Crippen LogP contribution < -0.4 is 14.8 Å². The summed E-state index contributed by atoms with van der Waals surface area (Å²) in [6.45, 7) is 1.80. The van der Waals surface area contributed by atoms with Crippen molar-refractivity contribution in [2.24, 2.45) is 0 Å². The van der Waals surface area contributed by atoms with Crippen LogP contribution in [-0.2, 0) is 10.0 Å². The predicted molar refractivity (Wildman–Crippen MR) is 116 cm³/mol. The number of carbonyl (C=O) groups is 1. The van der Waals surface area contributed by atoms with Crippen molar-refractivity contribution >= 4 is 38.6 Å². The molecule has 0 saturated carbocycles. The lowest BCUT2D eigenvalue weighted by Gasteiger charge is -2.08. The zero-order valence-electron chi connectivity index (χ0n) is 16.0. The smallest absolute Gasteiger partial charge is 0.275 e. The molecule has 1 amide bonds. The second kappa shape index (κ2) is 9.06. The second-order valence-electron chi connectivity index (χ2n) is 6.22. The maximum absolute atomic E-state index is 12.5. The SMILES string of the molecule is CCCS(=O)(=O)Nc1ccc(NC(=O)c2csc(-c3ccc(OC)cc3)n2)cc1. The number of ether oxygens (including phenoxy) is 1. The van der Waals surface area contributed by atoms with Crippen LogP contribution in [0.4, 0.5) is 11.4 Å². The molecule has 1 heterocycles. The molecular weight excluding hydrogens is 410 g/mol. The maximum Gasteiger partial charge on any atom is 0.275 e. The number of anilines is 2. The van der Waals surface area contributed by atoms with Gasteiger partial charge >= 0.3 is 0 Å². The Morgan fingerprint density at radius 2 is 1.72 bits per heavy atom. The van der Waals surface area contributed by atoms with E-state index in [0.29, 0.717) is 23.5 Å². The van der Waals surface area contributed by atoms with Crippen molar-refractivity contribution in [2.45, 2.75) is 13.3 Å². The van der Waals surface area contributed by atoms with E-state index in [9.17, 15) is 13.2 Å². The summed E-state index contributed by atoms with van der Waals surface area (Å²) in [5.74, 6) is 0.482. The predicted octanol–water partition coefficient (Wildman–Crippen LogP) is 4.22. The van der Waals surface area contributed by atoms with Crippen molar-refractivity contribution in [3.8, 4) is 16.3 Å². The minimum atomic E-state index is -3.35. The van der Waals surface area contributed by atoms with E-state index in [4.69, 9.17) is 4.74 Å². The number of hydrogen-bond acceptors (Lipinski definition) is 6. The van der Waals surface area contributed by atoms with Gasteiger partial charge < -0.3 is 10.1 Å². The zero-order valence-corrected chi connectivity index (χ0v) is 17.6. The molecule has 1 aromatic heterocycles. The van der Waals surface area contributed by atoms with Gasteiger partial charge in [0.15, 0.2) is 0 Å². The number of carbonyl (C=O) groups excluding carboxylic acids is 1. The number of thiazole rings is 1. The highest BCUT2D eigenvalue weighted by atomic mass is 32.2. The molecule has 0 atom stereocenters. The number of benzene rings is 2. The van der Waals surface area contributed by atoms with Crippen molar-refractivity contribution in [2.75, 3.05) is 22.9 Å². The van der Waals surface area contributed by atoms with Gasteiger partial charge in [-0.15, -0.1) is 11.3 Å². The Labute approximate surface area is 173 Å². The van der Waals surface area contributed by atoms with Crippen LogP contribution in [0.25, 0.3) is 10.6 Å². The first-order valence-electron chi connectivity index (χ1n) is 8.92. The first kappa shape index (κ1) is 20.8. The van der Waals surface area contributed by atoms with Crippen LogP contribution in [0.15, 0.2) is 53.9 Å². The van der Waals surface area contributed by atoms with Gasteiger partial charge in [0.1, 0.15) is 16.5 Å². The van der Waals surface area contributed by atoms with Gasteiger partial charge in [-0.2, -0.15) is 0 Å². The maximum atomic E-state index is 12.5. The Kier molecular flexibility index (Phi) is 6.50. The summed E-state index contributed by atoms with van der Waals surface area (Å²) in [5.41, 5.74) is 2.21. The fourth-order valence-electron chi connectivity index (χ4n) is 2.56. The lowest BCUT2D eigenvalue weighted by Crippen LogP contribution is -2.16. The van der Waals surface area contributed by atoms with E-state index < -0.39 is 10.0 Å². The van der Waals surface area contributed by atoms with E-state index >= 15 is 0 Å². The standard InChI is InChI=1S/C20H21N3O4S2/c1-3-12-29(25,26)23-16-8-6-15(7-9-16)21-19(24)18-13-28-20(22-18)14-4-10-17(27-2)11-5-14/h4-11,13,23H,3,12H2,1-2H3,(H,21,24). The first-order valence-corrected chi connectivity index (χ1v) is 11.5. The minimum Gasteiger partial charge on any atom is -0.497 e. The van der Waals surface area contributed by atoms with Crippen molar-refractivity contribution < 1.29 is 17.9 Å². The third-order valence-corrected chi connectivity index (χ3v) is 6.35. The summed E-state index contributed by atoms with van der Waals surface area (Å²) < 4.78 is 31.3. The molecule has 29 heavy (non-hydrogen) atoms. The van der Waals surface area contributed by atoms with Gasteiger partial charge in [-0.25, -0.2) is 13.4 Å². The van der Waals surface area contributed by atoms with Crippen LogP contribution >= 0.6 is 11.3 Å². The summed E-state index contributed by atoms with van der Waals surface area (Å²) >= 11 is 1.38. The van der Waals surface area contributed by atoms with E-state index in [1.807, 2.05) is 24.3 Å². The van der Waals surface area contributed by atoms with Gasteiger partial charge in [0, 0.05) is 22.3 Å². The molecule has 0 unspecified atom stereocenters. The Hall–Kier alpha value is -2.91. The van der Waals surface area contributed by atoms with Gasteiger partial charge in [-0.1, -0.05) is 6.92 Å². The summed E-state index contributed by atoms with van der Waals surface area (Å²) in [5, 5.41) is 5.20. The number of hydrogen-bond donors (Lipinski definition) is 2. The summed E-state index contributed by atoms with van der Waals surface area (Å²) in [7, 11) is -1.74. The highest BCUT2D eigenvalue weighted by Crippen LogP contribution is 2.26. The van der Waals surface area contributed by atoms with Gasteiger partial charge in [0.05, 0.1) is 12.9 Å². The summed E-state index contributed by atoms with van der Waals surface area (Å²) in [6.07, 6.45) is 0.537. The molecule has 3 aromatic rings. The van der Waals surface area contributed by atoms with E-state index in [2.05, 4.69) is 15.0 Å². The fraction of sp³-hybridized carbons (Fsp3) is 0.200. The second-order valence-corrected chi connectivity index (χ2v) is 8.92. The first-order chi connectivity index (χ1) is 13.9. The van der Waals surface area contributed by atoms with Gasteiger partial charge in [0.2, 0.25) is 10.0 Å². The molecule has 7 nitrogen and oxygen atoms in total. The van der Waals surface area contributed by atoms with Crippen LogP contribution in [0.3, 0.4) is 0 Å². The minimum absolute atomic E-state index is 0.0614. The monoisotopic (exact) mass is 431 g/mol. The molecule has 0 aliphatic rings. The average molecular weight is 432 g/mol. The van der Waals surface area contributed by atoms with Crippen molar-refractivity contribution in [3.05, 3.63) is 59.6 Å². The highest BCUT2D eigenvalue weighted by Gasteiger charge is 2.13. The largest absolute Gasteiger partial charge is 0.497 e. The third kappa shape index (κ3) is 5.55. The number of aromatic nitrogens is 1. The number of rotatable bonds is 8. The molecule has 2 aromatic carbocycles. The van der Waals surface area contributed by atoms with E-state index in [1.54, 1.807) is 43.7 Å². The average Bonchev–Trinajstić information content (AvgIpc) is 3.19. The van der Waals surface area contributed by atoms with Crippen LogP contribution in [-0.4, -0.2) is 32.2 Å². The van der Waals surface area contributed by atoms with Crippen LogP contribution in [0, 0.1) is 0 Å². The highest BCUT2D eigenvalue weighted by molar-refractivity contribution is 7.92. The van der Waals surface area contributed by atoms with Crippen LogP contribution in [0.1, 0.15) is 23.8 Å². The lowest BCUT2D eigenvalue weighted by molar-refractivity contribution is 0.102. The Morgan fingerprint density at radius 3 is 2.34 bits per heavy atom. The molecule has 0 fully saturated rings. The molecule has 0 radical (unpaired) electrons. The molecule has 0 aliphatic carbocycles. The van der Waals surface area contributed by atoms with E-state index in [0.717, 1.165) is 16.3 Å². The van der Waals surface area contributed by atoms with Crippen molar-refractivity contribution in [1.82, 2.24) is 4.98 Å². The normalized spacial score (nSPS) is 11.1. The number of nitrogens with one attached hydrogen (secondary N) is 2. The fourth-order valence-corrected chi connectivity index (χ4v) is 4.50. The quantitative estimate of drug-likeness (QED) is 0.556. The summed E-state index contributed by atoms with van der Waals surface area (Å²) in [6, 6.07) is 13.9. The molecule has 152 valence electrons. The topological polar surface area (TPSA) is 97.4 Å². The van der Waals surface area contributed by atoms with Gasteiger partial charge in [-0.3, -0.25) is 9.52 Å². The van der Waals surface area contributed by atoms with E-state index in [-0.39, 0.29) is 11.7 Å². The third-order valence-electron chi connectivity index (χ3n) is 3.96. The van der Waals surface area contributed by atoms with Crippen LogP contribution in [0.2, 0.25) is 0 Å². The molecule has 0 bridgehead atoms. The summed E-state index contributed by atoms with van der Waals surface area (Å²) in [4.78, 5) is 16.9. The molecule has 3 rings (SSSR count). The molecule has 9 heteroatoms. The number of sulfonamides is 1. The van der Waals surface area contributed by atoms with Gasteiger partial charge in [-0.05, 0) is 55.0 Å². The lowest BCUT2D eigenvalue weighted by atomic mass is 10.2. The van der Waals surface area contributed by atoms with Crippen molar-refractivity contribution in [1.29, 1.82) is 0 Å². The molecule has 2 N–H and O–H groups in total. The zero-order chi connectivity index (χ0) is 20.9. The Bertz CT molecular complexity index is 1080. The Balaban J connectivity index is 1.65. The molecule has 0 aliphatic heterocycles. The number of amides is 1. The van der Waals surface area contributed by atoms with Gasteiger partial charge in [0.25, 0.3) is 5.91 Å².